The Morgan fingerprint density at radius 2 is 1.86 bits per heavy atom. The first-order valence-corrected chi connectivity index (χ1v) is 8.97. The molecule has 0 aliphatic carbocycles. The lowest BCUT2D eigenvalue weighted by Gasteiger charge is -2.05. The summed E-state index contributed by atoms with van der Waals surface area (Å²) in [7, 11) is 0. The predicted molar refractivity (Wildman–Crippen MR) is 108 cm³/mol. The van der Waals surface area contributed by atoms with Crippen LogP contribution in [0.1, 0.15) is 36.5 Å². The van der Waals surface area contributed by atoms with Gasteiger partial charge < -0.3 is 9.73 Å². The van der Waals surface area contributed by atoms with Crippen LogP contribution in [0.5, 0.6) is 0 Å². The van der Waals surface area contributed by atoms with Crippen molar-refractivity contribution < 1.29 is 17.6 Å². The van der Waals surface area contributed by atoms with Gasteiger partial charge in [0.15, 0.2) is 5.43 Å². The fourth-order valence-electron chi connectivity index (χ4n) is 2.27. The lowest BCUT2D eigenvalue weighted by atomic mass is 10.0. The zero-order chi connectivity index (χ0) is 21.2. The van der Waals surface area contributed by atoms with Crippen LogP contribution in [0.25, 0.3) is 11.0 Å². The summed E-state index contributed by atoms with van der Waals surface area (Å²) >= 11 is 0. The second-order valence-corrected chi connectivity index (χ2v) is 6.12. The minimum Gasteiger partial charge on any atom is -0.464 e. The van der Waals surface area contributed by atoms with Gasteiger partial charge in [0, 0.05) is 11.8 Å². The lowest BCUT2D eigenvalue weighted by molar-refractivity contribution is -0.146. The molecule has 1 N–H and O–H groups in total. The van der Waals surface area contributed by atoms with Crippen LogP contribution in [0.3, 0.4) is 0 Å². The van der Waals surface area contributed by atoms with Gasteiger partial charge in [-0.25, -0.2) is 0 Å². The van der Waals surface area contributed by atoms with Crippen molar-refractivity contribution in [3.63, 3.8) is 0 Å². The zero-order valence-corrected chi connectivity index (χ0v) is 16.4. The molecule has 1 aromatic carbocycles. The summed E-state index contributed by atoms with van der Waals surface area (Å²) in [6.45, 7) is 9.36. The molecule has 28 heavy (non-hydrogen) atoms. The Morgan fingerprint density at radius 3 is 2.46 bits per heavy atom. The molecule has 0 atom stereocenters. The third-order valence-electron chi connectivity index (χ3n) is 3.97. The van der Waals surface area contributed by atoms with Gasteiger partial charge in [-0.1, -0.05) is 37.3 Å². The van der Waals surface area contributed by atoms with E-state index < -0.39 is 6.30 Å². The summed E-state index contributed by atoms with van der Waals surface area (Å²) in [6, 6.07) is 3.68. The van der Waals surface area contributed by atoms with Crippen molar-refractivity contribution in [2.24, 2.45) is 0 Å². The van der Waals surface area contributed by atoms with E-state index in [1.807, 2.05) is 26.0 Å². The Balaban J connectivity index is 0.000000892. The van der Waals surface area contributed by atoms with Crippen molar-refractivity contribution in [3.8, 4) is 0 Å². The Labute approximate surface area is 163 Å². The standard InChI is InChI=1S/C18H18F3NO2.C4H8/c1-12-8-9-15-16(13(12)2)17(23)14(11-24-15)7-5-3-4-6-10-22-18(19,20)21;1-3-4-2/h3,5-6,8-11,22H,4,7H2,1-2H3;3H,1,4H2,2H3/b5-3-,10-6-;. The smallest absolute Gasteiger partial charge is 0.464 e. The van der Waals surface area contributed by atoms with Gasteiger partial charge in [-0.15, -0.1) is 6.58 Å². The Morgan fingerprint density at radius 1 is 1.18 bits per heavy atom. The number of rotatable bonds is 6. The molecule has 152 valence electrons. The van der Waals surface area contributed by atoms with E-state index in [9.17, 15) is 18.0 Å². The van der Waals surface area contributed by atoms with E-state index in [0.29, 0.717) is 29.4 Å². The van der Waals surface area contributed by atoms with Crippen LogP contribution in [0.4, 0.5) is 13.2 Å². The summed E-state index contributed by atoms with van der Waals surface area (Å²) in [5, 5.41) is 1.87. The molecule has 0 radical (unpaired) electrons. The molecule has 0 saturated carbocycles. The summed E-state index contributed by atoms with van der Waals surface area (Å²) < 4.78 is 41.1. The van der Waals surface area contributed by atoms with Crippen molar-refractivity contribution in [3.05, 3.63) is 82.4 Å². The van der Waals surface area contributed by atoms with E-state index in [4.69, 9.17) is 4.42 Å². The van der Waals surface area contributed by atoms with Crippen molar-refractivity contribution >= 4 is 11.0 Å². The van der Waals surface area contributed by atoms with Gasteiger partial charge in [-0.3, -0.25) is 4.79 Å². The maximum absolute atomic E-state index is 12.5. The van der Waals surface area contributed by atoms with Crippen molar-refractivity contribution in [2.75, 3.05) is 0 Å². The van der Waals surface area contributed by atoms with Crippen LogP contribution in [0.15, 0.2) is 64.7 Å². The molecule has 2 aromatic rings. The predicted octanol–water partition coefficient (Wildman–Crippen LogP) is 6.10. The molecule has 0 unspecified atom stereocenters. The SMILES string of the molecule is C=CCC.Cc1ccc2occ(C/C=C\C/C=C\NC(F)(F)F)c(=O)c2c1C. The number of halogens is 3. The number of nitrogens with one attached hydrogen (secondary N) is 1. The van der Waals surface area contributed by atoms with Crippen LogP contribution < -0.4 is 10.7 Å². The van der Waals surface area contributed by atoms with Gasteiger partial charge in [-0.05, 0) is 50.3 Å². The summed E-state index contributed by atoms with van der Waals surface area (Å²) in [5.74, 6) is 0. The van der Waals surface area contributed by atoms with Gasteiger partial charge >= 0.3 is 6.30 Å². The van der Waals surface area contributed by atoms with Crippen LogP contribution >= 0.6 is 0 Å². The average Bonchev–Trinajstić information content (AvgIpc) is 2.64. The molecule has 0 aliphatic rings. The first-order valence-electron chi connectivity index (χ1n) is 8.97. The first kappa shape index (κ1) is 23.3. The molecule has 0 aliphatic heterocycles. The highest BCUT2D eigenvalue weighted by atomic mass is 19.4. The monoisotopic (exact) mass is 393 g/mol. The van der Waals surface area contributed by atoms with Gasteiger partial charge in [0.05, 0.1) is 11.6 Å². The maximum atomic E-state index is 12.5. The molecule has 0 fully saturated rings. The van der Waals surface area contributed by atoms with Crippen molar-refractivity contribution in [1.29, 1.82) is 0 Å². The number of hydrogen-bond donors (Lipinski definition) is 1. The van der Waals surface area contributed by atoms with Gasteiger partial charge in [0.25, 0.3) is 0 Å². The van der Waals surface area contributed by atoms with E-state index in [0.717, 1.165) is 23.7 Å². The molecule has 2 rings (SSSR count). The first-order chi connectivity index (χ1) is 13.2. The number of aryl methyl sites for hydroxylation is 2. The van der Waals surface area contributed by atoms with E-state index in [2.05, 4.69) is 13.5 Å². The molecular weight excluding hydrogens is 367 g/mol. The molecule has 0 saturated heterocycles. The second-order valence-electron chi connectivity index (χ2n) is 6.12. The van der Waals surface area contributed by atoms with E-state index in [-0.39, 0.29) is 5.43 Å². The molecular formula is C22H26F3NO2. The van der Waals surface area contributed by atoms with Crippen molar-refractivity contribution in [1.82, 2.24) is 5.32 Å². The Hall–Kier alpha value is -2.76. The molecule has 0 amide bonds. The van der Waals surface area contributed by atoms with Gasteiger partial charge in [-0.2, -0.15) is 13.2 Å². The van der Waals surface area contributed by atoms with E-state index >= 15 is 0 Å². The average molecular weight is 393 g/mol. The quantitative estimate of drug-likeness (QED) is 0.476. The number of hydrogen-bond acceptors (Lipinski definition) is 3. The Kier molecular flexibility index (Phi) is 9.28. The number of alkyl halides is 3. The fraction of sp³-hybridized carbons (Fsp3) is 0.318. The minimum atomic E-state index is -4.42. The summed E-state index contributed by atoms with van der Waals surface area (Å²) in [6.07, 6.45) is 6.31. The topological polar surface area (TPSA) is 42.2 Å². The largest absolute Gasteiger partial charge is 0.481 e. The van der Waals surface area contributed by atoms with Crippen LogP contribution in [0, 0.1) is 13.8 Å². The van der Waals surface area contributed by atoms with Gasteiger partial charge in [0.1, 0.15) is 5.58 Å². The zero-order valence-electron chi connectivity index (χ0n) is 16.4. The van der Waals surface area contributed by atoms with Crippen LogP contribution in [-0.4, -0.2) is 6.30 Å². The Bertz CT molecular complexity index is 893. The van der Waals surface area contributed by atoms with E-state index in [1.165, 1.54) is 17.7 Å². The van der Waals surface area contributed by atoms with Crippen LogP contribution in [-0.2, 0) is 6.42 Å². The highest BCUT2D eigenvalue weighted by Crippen LogP contribution is 2.19. The minimum absolute atomic E-state index is 0.0728. The van der Waals surface area contributed by atoms with Crippen molar-refractivity contribution in [2.45, 2.75) is 46.3 Å². The number of benzene rings is 1. The second kappa shape index (κ2) is 11.2. The van der Waals surface area contributed by atoms with E-state index in [1.54, 1.807) is 18.2 Å². The molecule has 1 heterocycles. The third-order valence-corrected chi connectivity index (χ3v) is 3.97. The maximum Gasteiger partial charge on any atom is 0.481 e. The lowest BCUT2D eigenvalue weighted by Crippen LogP contribution is -2.25. The fourth-order valence-corrected chi connectivity index (χ4v) is 2.27. The normalized spacial score (nSPS) is 11.6. The molecule has 1 aromatic heterocycles. The molecule has 0 bridgehead atoms. The van der Waals surface area contributed by atoms with Gasteiger partial charge in [0.2, 0.25) is 0 Å². The highest BCUT2D eigenvalue weighted by molar-refractivity contribution is 5.81. The third kappa shape index (κ3) is 7.47. The molecule has 3 nitrogen and oxygen atoms in total. The molecule has 6 heteroatoms. The highest BCUT2D eigenvalue weighted by Gasteiger charge is 2.24. The summed E-state index contributed by atoms with van der Waals surface area (Å²) in [4.78, 5) is 12.5. The number of fused-ring (bicyclic) bond motifs is 1. The summed E-state index contributed by atoms with van der Waals surface area (Å²) in [5.41, 5.74) is 2.91. The number of allylic oxidation sites excluding steroid dienone is 4. The van der Waals surface area contributed by atoms with Crippen LogP contribution in [0.2, 0.25) is 0 Å². The molecule has 0 spiro atoms.